The average Bonchev–Trinajstić information content (AvgIpc) is 2.78. The number of hydrogen-bond donors (Lipinski definition) is 1. The lowest BCUT2D eigenvalue weighted by Crippen LogP contribution is -2.31. The molecule has 1 rings (SSSR count). The number of furan rings is 1. The van der Waals surface area contributed by atoms with Crippen molar-refractivity contribution in [2.75, 3.05) is 13.1 Å². The molecule has 18 heavy (non-hydrogen) atoms. The van der Waals surface area contributed by atoms with Gasteiger partial charge in [-0.1, -0.05) is 5.92 Å². The summed E-state index contributed by atoms with van der Waals surface area (Å²) >= 11 is 0. The molecule has 1 aromatic heterocycles. The quantitative estimate of drug-likeness (QED) is 0.600. The summed E-state index contributed by atoms with van der Waals surface area (Å²) in [4.78, 5) is 10.6. The Morgan fingerprint density at radius 1 is 1.50 bits per heavy atom. The van der Waals surface area contributed by atoms with E-state index in [1.54, 1.807) is 6.07 Å². The third kappa shape index (κ3) is 2.69. The van der Waals surface area contributed by atoms with Gasteiger partial charge in [-0.2, -0.15) is 9.57 Å². The maximum atomic E-state index is 11.9. The van der Waals surface area contributed by atoms with Gasteiger partial charge in [-0.25, -0.2) is 13.2 Å². The molecular weight excluding hydrogens is 260 g/mol. The van der Waals surface area contributed by atoms with Gasteiger partial charge in [0.2, 0.25) is 10.9 Å². The predicted molar refractivity (Wildman–Crippen MR) is 58.9 cm³/mol. The molecule has 0 saturated carbocycles. The standard InChI is InChI=1S/C10H8N2O5S/c1-2-6-12(7-5-11)18(15,16)9-4-3-8(17-9)10(13)14/h1,3-4H,6-7H2,(H,13,14). The fourth-order valence-corrected chi connectivity index (χ4v) is 2.27. The second-order valence-corrected chi connectivity index (χ2v) is 4.93. The fourth-order valence-electron chi connectivity index (χ4n) is 1.11. The largest absolute Gasteiger partial charge is 0.475 e. The SMILES string of the molecule is C#CCN(CC#N)S(=O)(=O)c1ccc(C(=O)O)o1. The van der Waals surface area contributed by atoms with Crippen LogP contribution in [0.5, 0.6) is 0 Å². The molecule has 1 N–H and O–H groups in total. The van der Waals surface area contributed by atoms with E-state index in [2.05, 4.69) is 10.3 Å². The van der Waals surface area contributed by atoms with Crippen LogP contribution in [0.25, 0.3) is 0 Å². The summed E-state index contributed by atoms with van der Waals surface area (Å²) in [5.74, 6) is 0.199. The van der Waals surface area contributed by atoms with Crippen molar-refractivity contribution in [2.24, 2.45) is 0 Å². The van der Waals surface area contributed by atoms with E-state index in [1.165, 1.54) is 0 Å². The highest BCUT2D eigenvalue weighted by Crippen LogP contribution is 2.18. The molecule has 0 atom stereocenters. The van der Waals surface area contributed by atoms with Crippen LogP contribution in [0.4, 0.5) is 0 Å². The van der Waals surface area contributed by atoms with Crippen LogP contribution < -0.4 is 0 Å². The Bertz CT molecular complexity index is 616. The maximum Gasteiger partial charge on any atom is 0.371 e. The number of rotatable bonds is 5. The van der Waals surface area contributed by atoms with Gasteiger partial charge in [0.15, 0.2) is 0 Å². The summed E-state index contributed by atoms with van der Waals surface area (Å²) in [7, 11) is -4.10. The molecule has 0 fully saturated rings. The molecule has 1 aromatic rings. The first-order valence-electron chi connectivity index (χ1n) is 4.57. The number of aromatic carboxylic acids is 1. The Labute approximate surface area is 103 Å². The minimum Gasteiger partial charge on any atom is -0.475 e. The van der Waals surface area contributed by atoms with Gasteiger partial charge in [0.25, 0.3) is 10.0 Å². The minimum absolute atomic E-state index is 0.307. The molecule has 7 nitrogen and oxygen atoms in total. The van der Waals surface area contributed by atoms with Crippen LogP contribution in [0.3, 0.4) is 0 Å². The summed E-state index contributed by atoms with van der Waals surface area (Å²) in [5.41, 5.74) is 0. The molecular formula is C10H8N2O5S. The smallest absolute Gasteiger partial charge is 0.371 e. The van der Waals surface area contributed by atoms with Crippen LogP contribution in [0.2, 0.25) is 0 Å². The number of carbonyl (C=O) groups is 1. The predicted octanol–water partition coefficient (Wildman–Crippen LogP) is 0.125. The lowest BCUT2D eigenvalue weighted by Gasteiger charge is -2.13. The molecule has 0 unspecified atom stereocenters. The normalized spacial score (nSPS) is 10.8. The summed E-state index contributed by atoms with van der Waals surface area (Å²) in [6.07, 6.45) is 5.00. The van der Waals surface area contributed by atoms with Gasteiger partial charge in [0, 0.05) is 0 Å². The third-order valence-electron chi connectivity index (χ3n) is 1.90. The number of nitriles is 1. The average molecular weight is 268 g/mol. The number of carboxylic acid groups (broad SMARTS) is 1. The van der Waals surface area contributed by atoms with E-state index in [0.717, 1.165) is 12.1 Å². The molecule has 0 aliphatic heterocycles. The zero-order valence-electron chi connectivity index (χ0n) is 9.03. The highest BCUT2D eigenvalue weighted by Gasteiger charge is 2.28. The first-order valence-corrected chi connectivity index (χ1v) is 6.01. The van der Waals surface area contributed by atoms with Crippen molar-refractivity contribution in [3.63, 3.8) is 0 Å². The van der Waals surface area contributed by atoms with Crippen molar-refractivity contribution >= 4 is 16.0 Å². The zero-order valence-corrected chi connectivity index (χ0v) is 9.85. The molecule has 0 radical (unpaired) electrons. The monoisotopic (exact) mass is 268 g/mol. The Balaban J connectivity index is 3.15. The van der Waals surface area contributed by atoms with Crippen molar-refractivity contribution in [1.29, 1.82) is 5.26 Å². The number of sulfonamides is 1. The van der Waals surface area contributed by atoms with Gasteiger partial charge in [0.1, 0.15) is 6.54 Å². The molecule has 94 valence electrons. The molecule has 0 spiro atoms. The van der Waals surface area contributed by atoms with Gasteiger partial charge in [-0.15, -0.1) is 6.42 Å². The van der Waals surface area contributed by atoms with Crippen molar-refractivity contribution in [1.82, 2.24) is 4.31 Å². The van der Waals surface area contributed by atoms with Crippen molar-refractivity contribution < 1.29 is 22.7 Å². The zero-order chi connectivity index (χ0) is 13.8. The lowest BCUT2D eigenvalue weighted by atomic mass is 10.5. The fraction of sp³-hybridized carbons (Fsp3) is 0.200. The molecule has 0 aliphatic rings. The number of carboxylic acids is 1. The summed E-state index contributed by atoms with van der Waals surface area (Å²) in [6, 6.07) is 3.66. The molecule has 0 bridgehead atoms. The molecule has 0 saturated heterocycles. The van der Waals surface area contributed by atoms with Gasteiger partial charge < -0.3 is 9.52 Å². The summed E-state index contributed by atoms with van der Waals surface area (Å²) < 4.78 is 29.3. The van der Waals surface area contributed by atoms with Crippen LogP contribution in [-0.4, -0.2) is 36.9 Å². The van der Waals surface area contributed by atoms with E-state index in [4.69, 9.17) is 16.8 Å². The Morgan fingerprint density at radius 3 is 2.61 bits per heavy atom. The highest BCUT2D eigenvalue weighted by atomic mass is 32.2. The summed E-state index contributed by atoms with van der Waals surface area (Å²) in [6.45, 7) is -0.755. The van der Waals surface area contributed by atoms with E-state index in [9.17, 15) is 13.2 Å². The van der Waals surface area contributed by atoms with E-state index in [0.29, 0.717) is 4.31 Å². The number of nitrogens with zero attached hydrogens (tertiary/aromatic N) is 2. The lowest BCUT2D eigenvalue weighted by molar-refractivity contribution is 0.0656. The topological polar surface area (TPSA) is 112 Å². The van der Waals surface area contributed by atoms with Crippen LogP contribution in [-0.2, 0) is 10.0 Å². The van der Waals surface area contributed by atoms with Crippen molar-refractivity contribution in [3.05, 3.63) is 17.9 Å². The van der Waals surface area contributed by atoms with Crippen LogP contribution in [0.15, 0.2) is 21.6 Å². The van der Waals surface area contributed by atoms with E-state index < -0.39 is 33.4 Å². The van der Waals surface area contributed by atoms with Crippen molar-refractivity contribution in [3.8, 4) is 18.4 Å². The molecule has 0 aliphatic carbocycles. The van der Waals surface area contributed by atoms with Crippen LogP contribution in [0.1, 0.15) is 10.6 Å². The second-order valence-electron chi connectivity index (χ2n) is 3.06. The van der Waals surface area contributed by atoms with Gasteiger partial charge in [-0.05, 0) is 12.1 Å². The number of terminal acetylenes is 1. The Kier molecular flexibility index (Phi) is 4.10. The van der Waals surface area contributed by atoms with Gasteiger partial charge in [0.05, 0.1) is 12.6 Å². The van der Waals surface area contributed by atoms with E-state index in [1.807, 2.05) is 0 Å². The van der Waals surface area contributed by atoms with E-state index >= 15 is 0 Å². The minimum atomic E-state index is -4.10. The Hall–Kier alpha value is -2.29. The molecule has 0 amide bonds. The second kappa shape index (κ2) is 5.36. The van der Waals surface area contributed by atoms with E-state index in [-0.39, 0.29) is 6.54 Å². The van der Waals surface area contributed by atoms with Crippen LogP contribution >= 0.6 is 0 Å². The van der Waals surface area contributed by atoms with Gasteiger partial charge >= 0.3 is 5.97 Å². The first-order chi connectivity index (χ1) is 8.43. The number of hydrogen-bond acceptors (Lipinski definition) is 5. The van der Waals surface area contributed by atoms with Gasteiger partial charge in [-0.3, -0.25) is 0 Å². The molecule has 8 heteroatoms. The first kappa shape index (κ1) is 13.8. The maximum absolute atomic E-state index is 11.9. The highest BCUT2D eigenvalue weighted by molar-refractivity contribution is 7.89. The molecule has 0 aromatic carbocycles. The molecule has 1 heterocycles. The Morgan fingerprint density at radius 2 is 2.17 bits per heavy atom. The third-order valence-corrected chi connectivity index (χ3v) is 3.57. The van der Waals surface area contributed by atoms with Crippen molar-refractivity contribution in [2.45, 2.75) is 5.09 Å². The van der Waals surface area contributed by atoms with Crippen LogP contribution in [0, 0.1) is 23.7 Å². The summed E-state index contributed by atoms with van der Waals surface area (Å²) in [5, 5.41) is 16.6.